The monoisotopic (exact) mass is 132 g/mol. The van der Waals surface area contributed by atoms with Crippen LogP contribution in [0.1, 0.15) is 13.3 Å². The summed E-state index contributed by atoms with van der Waals surface area (Å²) in [6, 6.07) is 3.71. The Morgan fingerprint density at radius 2 is 2.10 bits per heavy atom. The first-order valence-corrected chi connectivity index (χ1v) is 2.95. The molecule has 0 aliphatic heterocycles. The van der Waals surface area contributed by atoms with Crippen LogP contribution in [0.15, 0.2) is 23.8 Å². The molecule has 0 saturated carbocycles. The quantitative estimate of drug-likeness (QED) is 0.425. The minimum Gasteiger partial charge on any atom is -0.192 e. The van der Waals surface area contributed by atoms with Crippen molar-refractivity contribution in [2.24, 2.45) is 0 Å². The van der Waals surface area contributed by atoms with Gasteiger partial charge in [-0.15, -0.1) is 0 Å². The average molecular weight is 132 g/mol. The Balaban J connectivity index is 4.45. The highest BCUT2D eigenvalue weighted by molar-refractivity contribution is 5.47. The Kier molecular flexibility index (Phi) is 3.68. The molecule has 2 nitrogen and oxygen atoms in total. The van der Waals surface area contributed by atoms with Gasteiger partial charge in [0.15, 0.2) is 0 Å². The summed E-state index contributed by atoms with van der Waals surface area (Å²) < 4.78 is 0. The SMILES string of the molecule is C=C(C#N)/C(C#N)=C/CC. The third-order valence-corrected chi connectivity index (χ3v) is 0.989. The van der Waals surface area contributed by atoms with E-state index in [0.717, 1.165) is 6.42 Å². The average Bonchev–Trinajstić information content (AvgIpc) is 1.99. The summed E-state index contributed by atoms with van der Waals surface area (Å²) in [7, 11) is 0. The van der Waals surface area contributed by atoms with Crippen LogP contribution < -0.4 is 0 Å². The molecular formula is C8H8N2. The molecule has 0 aliphatic rings. The van der Waals surface area contributed by atoms with Gasteiger partial charge in [0.1, 0.15) is 6.07 Å². The van der Waals surface area contributed by atoms with Crippen LogP contribution in [-0.4, -0.2) is 0 Å². The molecule has 2 heteroatoms. The zero-order valence-electron chi connectivity index (χ0n) is 5.89. The Labute approximate surface area is 60.7 Å². The van der Waals surface area contributed by atoms with Crippen molar-refractivity contribution in [2.45, 2.75) is 13.3 Å². The maximum absolute atomic E-state index is 8.43. The van der Waals surface area contributed by atoms with Crippen LogP contribution in [-0.2, 0) is 0 Å². The zero-order valence-corrected chi connectivity index (χ0v) is 5.89. The molecule has 0 saturated heterocycles. The molecule has 0 bridgehead atoms. The highest BCUT2D eigenvalue weighted by Crippen LogP contribution is 2.05. The van der Waals surface area contributed by atoms with Gasteiger partial charge in [0.2, 0.25) is 0 Å². The second-order valence-electron chi connectivity index (χ2n) is 1.73. The van der Waals surface area contributed by atoms with Crippen molar-refractivity contribution in [2.75, 3.05) is 0 Å². The van der Waals surface area contributed by atoms with Gasteiger partial charge in [-0.2, -0.15) is 10.5 Å². The third-order valence-electron chi connectivity index (χ3n) is 0.989. The first kappa shape index (κ1) is 8.46. The molecule has 0 unspecified atom stereocenters. The van der Waals surface area contributed by atoms with E-state index in [-0.39, 0.29) is 5.57 Å². The second kappa shape index (κ2) is 4.35. The van der Waals surface area contributed by atoms with Crippen molar-refractivity contribution < 1.29 is 0 Å². The van der Waals surface area contributed by atoms with Crippen LogP contribution in [0.4, 0.5) is 0 Å². The van der Waals surface area contributed by atoms with Gasteiger partial charge in [-0.05, 0) is 6.42 Å². The lowest BCUT2D eigenvalue weighted by molar-refractivity contribution is 1.20. The molecule has 0 aromatic heterocycles. The Morgan fingerprint density at radius 1 is 1.50 bits per heavy atom. The summed E-state index contributed by atoms with van der Waals surface area (Å²) in [5.74, 6) is 0. The summed E-state index contributed by atoms with van der Waals surface area (Å²) in [6.07, 6.45) is 2.44. The van der Waals surface area contributed by atoms with Gasteiger partial charge < -0.3 is 0 Å². The largest absolute Gasteiger partial charge is 0.192 e. The number of nitrogens with zero attached hydrogens (tertiary/aromatic N) is 2. The highest BCUT2D eigenvalue weighted by Gasteiger charge is 1.96. The van der Waals surface area contributed by atoms with Gasteiger partial charge in [0, 0.05) is 0 Å². The van der Waals surface area contributed by atoms with Crippen LogP contribution in [0.3, 0.4) is 0 Å². The van der Waals surface area contributed by atoms with E-state index in [1.54, 1.807) is 6.08 Å². The number of hydrogen-bond donors (Lipinski definition) is 0. The number of allylic oxidation sites excluding steroid dienone is 3. The molecule has 0 spiro atoms. The molecule has 0 N–H and O–H groups in total. The van der Waals surface area contributed by atoms with E-state index >= 15 is 0 Å². The fourth-order valence-electron chi connectivity index (χ4n) is 0.501. The van der Waals surface area contributed by atoms with Gasteiger partial charge in [0.25, 0.3) is 0 Å². The fraction of sp³-hybridized carbons (Fsp3) is 0.250. The van der Waals surface area contributed by atoms with Gasteiger partial charge >= 0.3 is 0 Å². The Bertz CT molecular complexity index is 235. The van der Waals surface area contributed by atoms with E-state index in [9.17, 15) is 0 Å². The summed E-state index contributed by atoms with van der Waals surface area (Å²) in [5, 5.41) is 16.7. The molecule has 0 aromatic carbocycles. The summed E-state index contributed by atoms with van der Waals surface area (Å²) in [4.78, 5) is 0. The van der Waals surface area contributed by atoms with Crippen molar-refractivity contribution >= 4 is 0 Å². The van der Waals surface area contributed by atoms with Crippen molar-refractivity contribution in [3.8, 4) is 12.1 Å². The third kappa shape index (κ3) is 2.15. The predicted octanol–water partition coefficient (Wildman–Crippen LogP) is 1.93. The molecule has 50 valence electrons. The number of nitriles is 2. The van der Waals surface area contributed by atoms with Crippen LogP contribution in [0.2, 0.25) is 0 Å². The molecule has 0 aromatic rings. The molecule has 0 radical (unpaired) electrons. The van der Waals surface area contributed by atoms with Crippen LogP contribution in [0.25, 0.3) is 0 Å². The maximum Gasteiger partial charge on any atom is 0.100 e. The van der Waals surface area contributed by atoms with Gasteiger partial charge in [0.05, 0.1) is 17.2 Å². The molecule has 10 heavy (non-hydrogen) atoms. The molecule has 0 atom stereocenters. The van der Waals surface area contributed by atoms with Crippen LogP contribution >= 0.6 is 0 Å². The summed E-state index contributed by atoms with van der Waals surface area (Å²) >= 11 is 0. The van der Waals surface area contributed by atoms with Gasteiger partial charge in [-0.1, -0.05) is 19.6 Å². The van der Waals surface area contributed by atoms with E-state index < -0.39 is 0 Å². The number of hydrogen-bond acceptors (Lipinski definition) is 2. The van der Waals surface area contributed by atoms with E-state index in [4.69, 9.17) is 10.5 Å². The lowest BCUT2D eigenvalue weighted by atomic mass is 10.1. The molecule has 0 rings (SSSR count). The first-order chi connectivity index (χ1) is 4.76. The summed E-state index contributed by atoms with van der Waals surface area (Å²) in [6.45, 7) is 5.32. The molecule has 0 aliphatic carbocycles. The normalized spacial score (nSPS) is 9.70. The van der Waals surface area contributed by atoms with Crippen molar-refractivity contribution in [1.29, 1.82) is 10.5 Å². The van der Waals surface area contributed by atoms with Crippen molar-refractivity contribution in [3.63, 3.8) is 0 Å². The summed E-state index contributed by atoms with van der Waals surface area (Å²) in [5.41, 5.74) is 0.620. The van der Waals surface area contributed by atoms with E-state index in [2.05, 4.69) is 6.58 Å². The predicted molar refractivity (Wildman–Crippen MR) is 38.7 cm³/mol. The van der Waals surface area contributed by atoms with Gasteiger partial charge in [-0.3, -0.25) is 0 Å². The lowest BCUT2D eigenvalue weighted by Gasteiger charge is -1.88. The second-order valence-corrected chi connectivity index (χ2v) is 1.73. The van der Waals surface area contributed by atoms with Crippen LogP contribution in [0.5, 0.6) is 0 Å². The molecular weight excluding hydrogens is 124 g/mol. The topological polar surface area (TPSA) is 47.6 Å². The minimum absolute atomic E-state index is 0.240. The van der Waals surface area contributed by atoms with E-state index in [0.29, 0.717) is 5.57 Å². The van der Waals surface area contributed by atoms with Gasteiger partial charge in [-0.25, -0.2) is 0 Å². The molecule has 0 fully saturated rings. The van der Waals surface area contributed by atoms with Crippen LogP contribution in [0, 0.1) is 22.7 Å². The Morgan fingerprint density at radius 3 is 2.40 bits per heavy atom. The first-order valence-electron chi connectivity index (χ1n) is 2.95. The highest BCUT2D eigenvalue weighted by atomic mass is 14.3. The van der Waals surface area contributed by atoms with E-state index in [1.165, 1.54) is 0 Å². The zero-order chi connectivity index (χ0) is 7.98. The number of rotatable bonds is 2. The smallest absolute Gasteiger partial charge is 0.100 e. The minimum atomic E-state index is 0.240. The molecule has 0 heterocycles. The standard InChI is InChI=1S/C8H8N2/c1-3-4-8(6-10)7(2)5-9/h4H,2-3H2,1H3/b8-4+. The maximum atomic E-state index is 8.43. The lowest BCUT2D eigenvalue weighted by Crippen LogP contribution is -1.79. The van der Waals surface area contributed by atoms with Crippen molar-refractivity contribution in [1.82, 2.24) is 0 Å². The fourth-order valence-corrected chi connectivity index (χ4v) is 0.501. The molecule has 0 amide bonds. The van der Waals surface area contributed by atoms with Crippen molar-refractivity contribution in [3.05, 3.63) is 23.8 Å². The Hall–Kier alpha value is -1.54. The van der Waals surface area contributed by atoms with E-state index in [1.807, 2.05) is 19.1 Å².